The lowest BCUT2D eigenvalue weighted by Crippen LogP contribution is -2.22. The fourth-order valence-electron chi connectivity index (χ4n) is 3.23. The summed E-state index contributed by atoms with van der Waals surface area (Å²) >= 11 is 0. The fraction of sp³-hybridized carbons (Fsp3) is 0.833. The molecule has 0 aliphatic carbocycles. The van der Waals surface area contributed by atoms with Crippen LogP contribution in [0.2, 0.25) is 0 Å². The van der Waals surface area contributed by atoms with E-state index in [-0.39, 0.29) is 57.1 Å². The SMILES string of the molecule is CC(C)(C)C(=O)CCCC(=O)C(C)(C)C.CC(C)C(=O)CCC(=O)C(C)C.CC(C)C(=O)CCCCC(=O)C(C)(C)C. The van der Waals surface area contributed by atoms with Crippen LogP contribution in [0.5, 0.6) is 0 Å². The van der Waals surface area contributed by atoms with Crippen molar-refractivity contribution in [2.24, 2.45) is 34.0 Å². The van der Waals surface area contributed by atoms with Gasteiger partial charge in [0.1, 0.15) is 34.7 Å². The van der Waals surface area contributed by atoms with E-state index in [2.05, 4.69) is 0 Å². The Bertz CT molecular complexity index is 809. The van der Waals surface area contributed by atoms with Crippen LogP contribution in [-0.2, 0) is 28.8 Å². The summed E-state index contributed by atoms with van der Waals surface area (Å²) in [5.74, 6) is 1.69. The molecule has 0 aromatic heterocycles. The first-order chi connectivity index (χ1) is 18.7. The molecule has 0 aromatic carbocycles. The Labute approximate surface area is 258 Å². The van der Waals surface area contributed by atoms with Crippen molar-refractivity contribution >= 4 is 34.7 Å². The van der Waals surface area contributed by atoms with E-state index >= 15 is 0 Å². The average molecular weight is 595 g/mol. The molecule has 0 atom stereocenters. The second kappa shape index (κ2) is 20.8. The lowest BCUT2D eigenvalue weighted by Gasteiger charge is -2.18. The zero-order valence-corrected chi connectivity index (χ0v) is 30.0. The lowest BCUT2D eigenvalue weighted by molar-refractivity contribution is -0.128. The number of carbonyl (C=O) groups excluding carboxylic acids is 6. The summed E-state index contributed by atoms with van der Waals surface area (Å²) in [6.45, 7) is 28.6. The molecule has 42 heavy (non-hydrogen) atoms. The predicted molar refractivity (Wildman–Crippen MR) is 174 cm³/mol. The molecule has 0 spiro atoms. The summed E-state index contributed by atoms with van der Waals surface area (Å²) in [4.78, 5) is 68.3. The Morgan fingerprint density at radius 2 is 0.571 bits per heavy atom. The molecular formula is C36H66O6. The summed E-state index contributed by atoms with van der Waals surface area (Å²) in [6, 6.07) is 0. The third kappa shape index (κ3) is 24.6. The van der Waals surface area contributed by atoms with Crippen LogP contribution in [0.1, 0.15) is 162 Å². The van der Waals surface area contributed by atoms with E-state index < -0.39 is 0 Å². The second-order valence-corrected chi connectivity index (χ2v) is 15.4. The van der Waals surface area contributed by atoms with Gasteiger partial charge in [0.25, 0.3) is 0 Å². The first-order valence-corrected chi connectivity index (χ1v) is 15.9. The zero-order chi connectivity index (χ0) is 34.1. The van der Waals surface area contributed by atoms with Crippen LogP contribution in [0, 0.1) is 34.0 Å². The predicted octanol–water partition coefficient (Wildman–Crippen LogP) is 8.99. The normalized spacial score (nSPS) is 11.9. The molecule has 0 N–H and O–H groups in total. The van der Waals surface area contributed by atoms with Gasteiger partial charge in [-0.25, -0.2) is 0 Å². The fourth-order valence-corrected chi connectivity index (χ4v) is 3.23. The quantitative estimate of drug-likeness (QED) is 0.175. The van der Waals surface area contributed by atoms with Gasteiger partial charge in [0, 0.05) is 72.5 Å². The molecule has 6 nitrogen and oxygen atoms in total. The maximum atomic E-state index is 11.6. The number of rotatable bonds is 15. The molecule has 246 valence electrons. The van der Waals surface area contributed by atoms with Crippen molar-refractivity contribution < 1.29 is 28.8 Å². The van der Waals surface area contributed by atoms with E-state index in [1.807, 2.05) is 104 Å². The molecule has 0 amide bonds. The van der Waals surface area contributed by atoms with Gasteiger partial charge < -0.3 is 0 Å². The summed E-state index contributed by atoms with van der Waals surface area (Å²) in [6.07, 6.45) is 5.46. The topological polar surface area (TPSA) is 102 Å². The van der Waals surface area contributed by atoms with Gasteiger partial charge in [0.15, 0.2) is 0 Å². The first-order valence-electron chi connectivity index (χ1n) is 15.9. The van der Waals surface area contributed by atoms with Crippen molar-refractivity contribution in [2.45, 2.75) is 162 Å². The Kier molecular flexibility index (Phi) is 22.1. The molecule has 6 heteroatoms. The van der Waals surface area contributed by atoms with Crippen LogP contribution in [0.4, 0.5) is 0 Å². The Hall–Kier alpha value is -1.98. The van der Waals surface area contributed by atoms with Crippen molar-refractivity contribution in [3.8, 4) is 0 Å². The molecule has 0 rings (SSSR count). The average Bonchev–Trinajstić information content (AvgIpc) is 2.83. The van der Waals surface area contributed by atoms with Gasteiger partial charge in [-0.15, -0.1) is 0 Å². The molecule has 0 radical (unpaired) electrons. The Morgan fingerprint density at radius 1 is 0.357 bits per heavy atom. The highest BCUT2D eigenvalue weighted by molar-refractivity contribution is 5.88. The van der Waals surface area contributed by atoms with Gasteiger partial charge in [0.05, 0.1) is 0 Å². The first kappa shape index (κ1) is 44.5. The van der Waals surface area contributed by atoms with Crippen molar-refractivity contribution in [2.75, 3.05) is 0 Å². The molecule has 0 bridgehead atoms. The number of ketones is 6. The van der Waals surface area contributed by atoms with E-state index in [0.29, 0.717) is 56.5 Å². The van der Waals surface area contributed by atoms with Gasteiger partial charge in [-0.05, 0) is 19.3 Å². The molecule has 0 aliphatic heterocycles. The van der Waals surface area contributed by atoms with E-state index in [0.717, 1.165) is 12.8 Å². The smallest absolute Gasteiger partial charge is 0.138 e. The van der Waals surface area contributed by atoms with Gasteiger partial charge >= 0.3 is 0 Å². The van der Waals surface area contributed by atoms with Crippen LogP contribution in [-0.4, -0.2) is 34.7 Å². The number of hydrogen-bond acceptors (Lipinski definition) is 6. The third-order valence-corrected chi connectivity index (χ3v) is 6.94. The molecule has 0 aliphatic rings. The monoisotopic (exact) mass is 594 g/mol. The molecule has 0 heterocycles. The molecule has 0 fully saturated rings. The second-order valence-electron chi connectivity index (χ2n) is 15.4. The lowest BCUT2D eigenvalue weighted by atomic mass is 9.85. The number of unbranched alkanes of at least 4 members (excludes halogenated alkanes) is 1. The largest absolute Gasteiger partial charge is 0.299 e. The Morgan fingerprint density at radius 3 is 0.810 bits per heavy atom. The number of carbonyl (C=O) groups is 6. The summed E-state index contributed by atoms with van der Waals surface area (Å²) in [5, 5.41) is 0. The Balaban J connectivity index is -0.000000547. The van der Waals surface area contributed by atoms with Gasteiger partial charge in [-0.3, -0.25) is 28.8 Å². The maximum absolute atomic E-state index is 11.6. The minimum absolute atomic E-state index is 0.0602. The van der Waals surface area contributed by atoms with Crippen molar-refractivity contribution in [1.29, 1.82) is 0 Å². The number of hydrogen-bond donors (Lipinski definition) is 0. The van der Waals surface area contributed by atoms with E-state index in [1.54, 1.807) is 0 Å². The minimum atomic E-state index is -0.273. The highest BCUT2D eigenvalue weighted by Crippen LogP contribution is 2.22. The van der Waals surface area contributed by atoms with Crippen LogP contribution in [0.3, 0.4) is 0 Å². The zero-order valence-electron chi connectivity index (χ0n) is 30.0. The summed E-state index contributed by atoms with van der Waals surface area (Å²) in [5.41, 5.74) is -0.780. The highest BCUT2D eigenvalue weighted by atomic mass is 16.1. The van der Waals surface area contributed by atoms with Crippen molar-refractivity contribution in [3.05, 3.63) is 0 Å². The van der Waals surface area contributed by atoms with Crippen molar-refractivity contribution in [1.82, 2.24) is 0 Å². The van der Waals surface area contributed by atoms with Crippen LogP contribution in [0.15, 0.2) is 0 Å². The van der Waals surface area contributed by atoms with E-state index in [1.165, 1.54) is 0 Å². The van der Waals surface area contributed by atoms with Gasteiger partial charge in [-0.2, -0.15) is 0 Å². The molecule has 0 unspecified atom stereocenters. The van der Waals surface area contributed by atoms with Gasteiger partial charge in [0.2, 0.25) is 0 Å². The third-order valence-electron chi connectivity index (χ3n) is 6.94. The highest BCUT2D eigenvalue weighted by Gasteiger charge is 2.24. The van der Waals surface area contributed by atoms with Gasteiger partial charge in [-0.1, -0.05) is 104 Å². The van der Waals surface area contributed by atoms with E-state index in [9.17, 15) is 28.8 Å². The van der Waals surface area contributed by atoms with Crippen LogP contribution in [0.25, 0.3) is 0 Å². The van der Waals surface area contributed by atoms with Crippen LogP contribution < -0.4 is 0 Å². The standard InChI is InChI=1S/2C13H24O2.C10H18O2/c1-12(2,3)10(14)8-7-9-11(15)13(4,5)6;1-10(2)11(14)8-6-7-9-12(15)13(3,4)5;1-7(2)9(11)5-6-10(12)8(3)4/h7-9H2,1-6H3;10H,6-9H2,1-5H3;7-8H,5-6H2,1-4H3. The molecule has 0 saturated heterocycles. The van der Waals surface area contributed by atoms with E-state index in [4.69, 9.17) is 0 Å². The minimum Gasteiger partial charge on any atom is -0.299 e. The maximum Gasteiger partial charge on any atom is 0.138 e. The number of Topliss-reactive ketones (excluding diaryl/α,β-unsaturated/α-hetero) is 6. The molecule has 0 saturated carbocycles. The van der Waals surface area contributed by atoms with Crippen LogP contribution >= 0.6 is 0 Å². The summed E-state index contributed by atoms with van der Waals surface area (Å²) < 4.78 is 0. The molecule has 0 aromatic rings. The molecular weight excluding hydrogens is 528 g/mol. The van der Waals surface area contributed by atoms with Crippen molar-refractivity contribution in [3.63, 3.8) is 0 Å². The summed E-state index contributed by atoms with van der Waals surface area (Å²) in [7, 11) is 0.